The molecule has 0 aliphatic heterocycles. The van der Waals surface area contributed by atoms with E-state index in [4.69, 9.17) is 5.73 Å². The highest BCUT2D eigenvalue weighted by Crippen LogP contribution is 2.18. The quantitative estimate of drug-likeness (QED) is 0.771. The predicted octanol–water partition coefficient (Wildman–Crippen LogP) is 0.637. The number of pyridine rings is 1. The lowest BCUT2D eigenvalue weighted by atomic mass is 10.1. The van der Waals surface area contributed by atoms with Crippen LogP contribution in [0.4, 0.5) is 0 Å². The Kier molecular flexibility index (Phi) is 2.37. The average molecular weight is 200 g/mol. The van der Waals surface area contributed by atoms with Crippen LogP contribution in [0.2, 0.25) is 0 Å². The minimum absolute atomic E-state index is 0.323. The van der Waals surface area contributed by atoms with Crippen molar-refractivity contribution in [2.75, 3.05) is 0 Å². The van der Waals surface area contributed by atoms with E-state index in [-0.39, 0.29) is 0 Å². The molecule has 2 N–H and O–H groups in total. The summed E-state index contributed by atoms with van der Waals surface area (Å²) in [6.45, 7) is 0. The van der Waals surface area contributed by atoms with E-state index < -0.39 is 5.91 Å². The zero-order valence-electron chi connectivity index (χ0n) is 7.79. The number of aromatic nitrogens is 3. The van der Waals surface area contributed by atoms with Gasteiger partial charge in [0.05, 0.1) is 23.7 Å². The first-order valence-electron chi connectivity index (χ1n) is 4.31. The van der Waals surface area contributed by atoms with Gasteiger partial charge in [-0.3, -0.25) is 9.78 Å². The fraction of sp³-hybridized carbons (Fsp3) is 0. The number of rotatable bonds is 2. The van der Waals surface area contributed by atoms with Crippen molar-refractivity contribution >= 4 is 5.91 Å². The molecule has 2 aromatic rings. The van der Waals surface area contributed by atoms with Gasteiger partial charge in [-0.1, -0.05) is 6.07 Å². The monoisotopic (exact) mass is 200 g/mol. The van der Waals surface area contributed by atoms with E-state index in [1.165, 1.54) is 12.4 Å². The Morgan fingerprint density at radius 3 is 2.67 bits per heavy atom. The smallest absolute Gasteiger partial charge is 0.251 e. The van der Waals surface area contributed by atoms with E-state index in [0.29, 0.717) is 16.8 Å². The summed E-state index contributed by atoms with van der Waals surface area (Å²) in [5.41, 5.74) is 6.79. The van der Waals surface area contributed by atoms with E-state index in [9.17, 15) is 4.79 Å². The molecule has 2 heterocycles. The van der Waals surface area contributed by atoms with E-state index in [0.717, 1.165) is 0 Å². The van der Waals surface area contributed by atoms with Crippen LogP contribution in [0.3, 0.4) is 0 Å². The maximum Gasteiger partial charge on any atom is 0.251 e. The summed E-state index contributed by atoms with van der Waals surface area (Å²) < 4.78 is 0. The lowest BCUT2D eigenvalue weighted by molar-refractivity contribution is 0.100. The van der Waals surface area contributed by atoms with Crippen LogP contribution in [0.1, 0.15) is 10.4 Å². The highest BCUT2D eigenvalue weighted by molar-refractivity contribution is 5.98. The molecule has 74 valence electrons. The highest BCUT2D eigenvalue weighted by atomic mass is 16.1. The summed E-state index contributed by atoms with van der Waals surface area (Å²) in [7, 11) is 0. The summed E-state index contributed by atoms with van der Waals surface area (Å²) in [6.07, 6.45) is 4.45. The van der Waals surface area contributed by atoms with Crippen molar-refractivity contribution in [1.82, 2.24) is 15.2 Å². The number of carbonyl (C=O) groups is 1. The van der Waals surface area contributed by atoms with Crippen LogP contribution < -0.4 is 5.73 Å². The fourth-order valence-corrected chi connectivity index (χ4v) is 1.24. The van der Waals surface area contributed by atoms with Gasteiger partial charge in [0, 0.05) is 11.8 Å². The van der Waals surface area contributed by atoms with Gasteiger partial charge < -0.3 is 5.73 Å². The van der Waals surface area contributed by atoms with E-state index >= 15 is 0 Å². The number of hydrogen-bond donors (Lipinski definition) is 1. The first kappa shape index (κ1) is 9.26. The third-order valence-electron chi connectivity index (χ3n) is 1.94. The van der Waals surface area contributed by atoms with E-state index in [1.54, 1.807) is 18.3 Å². The zero-order valence-corrected chi connectivity index (χ0v) is 7.79. The molecule has 0 saturated heterocycles. The Balaban J connectivity index is 2.58. The van der Waals surface area contributed by atoms with E-state index in [1.807, 2.05) is 6.07 Å². The standard InChI is InChI=1S/C10H8N4O/c11-10(15)8-6-14-13-5-7(8)9-3-1-2-4-12-9/h1-6H,(H2,11,15). The molecule has 0 fully saturated rings. The van der Waals surface area contributed by atoms with Gasteiger partial charge in [-0.05, 0) is 12.1 Å². The van der Waals surface area contributed by atoms with Crippen LogP contribution in [-0.2, 0) is 0 Å². The molecule has 0 spiro atoms. The normalized spacial score (nSPS) is 9.87. The average Bonchev–Trinajstić information content (AvgIpc) is 2.30. The van der Waals surface area contributed by atoms with Crippen molar-refractivity contribution < 1.29 is 4.79 Å². The van der Waals surface area contributed by atoms with Crippen molar-refractivity contribution in [1.29, 1.82) is 0 Å². The van der Waals surface area contributed by atoms with Crippen LogP contribution in [0.15, 0.2) is 36.8 Å². The van der Waals surface area contributed by atoms with Crippen LogP contribution >= 0.6 is 0 Å². The van der Waals surface area contributed by atoms with Gasteiger partial charge in [0.2, 0.25) is 0 Å². The second-order valence-electron chi connectivity index (χ2n) is 2.90. The van der Waals surface area contributed by atoms with Crippen molar-refractivity contribution in [2.24, 2.45) is 5.73 Å². The molecule has 0 unspecified atom stereocenters. The summed E-state index contributed by atoms with van der Waals surface area (Å²) in [5, 5.41) is 7.32. The van der Waals surface area contributed by atoms with Gasteiger partial charge in [0.1, 0.15) is 0 Å². The lowest BCUT2D eigenvalue weighted by Crippen LogP contribution is -2.13. The third-order valence-corrected chi connectivity index (χ3v) is 1.94. The molecule has 0 aliphatic carbocycles. The fourth-order valence-electron chi connectivity index (χ4n) is 1.24. The summed E-state index contributed by atoms with van der Waals surface area (Å²) in [6, 6.07) is 5.40. The number of primary amides is 1. The third kappa shape index (κ3) is 1.80. The second-order valence-corrected chi connectivity index (χ2v) is 2.90. The minimum atomic E-state index is -0.537. The molecule has 0 atom stereocenters. The van der Waals surface area contributed by atoms with Crippen LogP contribution in [0, 0.1) is 0 Å². The Labute approximate surface area is 86.0 Å². The Hall–Kier alpha value is -2.30. The molecular formula is C10H8N4O. The number of nitrogens with two attached hydrogens (primary N) is 1. The van der Waals surface area contributed by atoms with Gasteiger partial charge in [-0.15, -0.1) is 0 Å². The molecule has 2 rings (SSSR count). The molecule has 2 aromatic heterocycles. The van der Waals surface area contributed by atoms with Gasteiger partial charge in [-0.2, -0.15) is 10.2 Å². The second kappa shape index (κ2) is 3.83. The van der Waals surface area contributed by atoms with Gasteiger partial charge >= 0.3 is 0 Å². The van der Waals surface area contributed by atoms with Gasteiger partial charge in [-0.25, -0.2) is 0 Å². The molecule has 0 aliphatic rings. The number of amides is 1. The zero-order chi connectivity index (χ0) is 10.7. The van der Waals surface area contributed by atoms with Crippen LogP contribution in [0.5, 0.6) is 0 Å². The summed E-state index contributed by atoms with van der Waals surface area (Å²) in [5.74, 6) is -0.537. The molecule has 0 radical (unpaired) electrons. The molecule has 15 heavy (non-hydrogen) atoms. The van der Waals surface area contributed by atoms with Crippen LogP contribution in [0.25, 0.3) is 11.3 Å². The van der Waals surface area contributed by atoms with Gasteiger partial charge in [0.15, 0.2) is 0 Å². The van der Waals surface area contributed by atoms with Gasteiger partial charge in [0.25, 0.3) is 5.91 Å². The van der Waals surface area contributed by atoms with Crippen molar-refractivity contribution in [2.45, 2.75) is 0 Å². The molecule has 0 saturated carbocycles. The topological polar surface area (TPSA) is 81.8 Å². The number of carbonyl (C=O) groups excluding carboxylic acids is 1. The molecule has 5 heteroatoms. The summed E-state index contributed by atoms with van der Waals surface area (Å²) in [4.78, 5) is 15.2. The van der Waals surface area contributed by atoms with Crippen molar-refractivity contribution in [3.63, 3.8) is 0 Å². The number of hydrogen-bond acceptors (Lipinski definition) is 4. The molecule has 0 aromatic carbocycles. The van der Waals surface area contributed by atoms with Crippen molar-refractivity contribution in [3.8, 4) is 11.3 Å². The minimum Gasteiger partial charge on any atom is -0.366 e. The molecule has 1 amide bonds. The number of nitrogens with zero attached hydrogens (tertiary/aromatic N) is 3. The maximum absolute atomic E-state index is 11.1. The highest BCUT2D eigenvalue weighted by Gasteiger charge is 2.10. The largest absolute Gasteiger partial charge is 0.366 e. The SMILES string of the molecule is NC(=O)c1cnncc1-c1ccccn1. The summed E-state index contributed by atoms with van der Waals surface area (Å²) >= 11 is 0. The maximum atomic E-state index is 11.1. The van der Waals surface area contributed by atoms with Crippen molar-refractivity contribution in [3.05, 3.63) is 42.4 Å². The first-order valence-corrected chi connectivity index (χ1v) is 4.31. The van der Waals surface area contributed by atoms with Crippen LogP contribution in [-0.4, -0.2) is 21.1 Å². The Bertz CT molecular complexity index is 484. The Morgan fingerprint density at radius 2 is 2.00 bits per heavy atom. The molecular weight excluding hydrogens is 192 g/mol. The molecule has 0 bridgehead atoms. The Morgan fingerprint density at radius 1 is 1.20 bits per heavy atom. The first-order chi connectivity index (χ1) is 7.29. The van der Waals surface area contributed by atoms with E-state index in [2.05, 4.69) is 15.2 Å². The predicted molar refractivity (Wildman–Crippen MR) is 53.8 cm³/mol. The molecule has 5 nitrogen and oxygen atoms in total. The lowest BCUT2D eigenvalue weighted by Gasteiger charge is -2.03.